The molecule has 2 aromatic rings. The van der Waals surface area contributed by atoms with Crippen LogP contribution < -0.4 is 15.4 Å². The molecule has 0 aliphatic heterocycles. The number of nitriles is 1. The van der Waals surface area contributed by atoms with Crippen LogP contribution >= 0.6 is 24.0 Å². The summed E-state index contributed by atoms with van der Waals surface area (Å²) in [5.74, 6) is 0.847. The Morgan fingerprint density at radius 1 is 1.22 bits per heavy atom. The van der Waals surface area contributed by atoms with Gasteiger partial charge in [0.2, 0.25) is 0 Å². The fraction of sp³-hybridized carbons (Fsp3) is 0.300. The Bertz CT molecular complexity index is 774. The maximum atomic E-state index is 13.3. The lowest BCUT2D eigenvalue weighted by Gasteiger charge is -2.20. The second-order valence-electron chi connectivity index (χ2n) is 5.72. The standard InChI is InChI=1S/C20H23FN4O.HI/c1-3-18(26-19-6-4-5-17(21)11-19)14-25-20(23-2)24-13-16-9-7-15(12-22)8-10-16;/h4-11,18H,3,13-14H2,1-2H3,(H2,23,24,25);1H. The molecule has 5 nitrogen and oxygen atoms in total. The Kier molecular flexibility index (Phi) is 10.2. The number of benzene rings is 2. The van der Waals surface area contributed by atoms with Crippen molar-refractivity contribution in [3.8, 4) is 11.8 Å². The Hall–Kier alpha value is -2.34. The highest BCUT2D eigenvalue weighted by atomic mass is 127. The van der Waals surface area contributed by atoms with Crippen LogP contribution in [0.5, 0.6) is 5.75 Å². The Morgan fingerprint density at radius 2 is 1.96 bits per heavy atom. The van der Waals surface area contributed by atoms with E-state index in [1.54, 1.807) is 31.3 Å². The van der Waals surface area contributed by atoms with Crippen molar-refractivity contribution in [3.05, 3.63) is 65.5 Å². The molecule has 2 aromatic carbocycles. The first-order chi connectivity index (χ1) is 12.6. The molecule has 0 amide bonds. The second-order valence-corrected chi connectivity index (χ2v) is 5.72. The van der Waals surface area contributed by atoms with Crippen molar-refractivity contribution in [2.75, 3.05) is 13.6 Å². The Balaban J connectivity index is 0.00000364. The van der Waals surface area contributed by atoms with Crippen molar-refractivity contribution in [1.82, 2.24) is 10.6 Å². The first-order valence-electron chi connectivity index (χ1n) is 8.50. The van der Waals surface area contributed by atoms with Crippen LogP contribution in [0.4, 0.5) is 4.39 Å². The van der Waals surface area contributed by atoms with Gasteiger partial charge in [-0.25, -0.2) is 4.39 Å². The fourth-order valence-corrected chi connectivity index (χ4v) is 2.32. The molecule has 0 aliphatic carbocycles. The molecule has 0 spiro atoms. The predicted molar refractivity (Wildman–Crippen MR) is 116 cm³/mol. The van der Waals surface area contributed by atoms with Gasteiger partial charge in [0.25, 0.3) is 0 Å². The minimum absolute atomic E-state index is 0. The summed E-state index contributed by atoms with van der Waals surface area (Å²) >= 11 is 0. The molecule has 0 aliphatic rings. The van der Waals surface area contributed by atoms with Crippen LogP contribution in [-0.2, 0) is 6.54 Å². The van der Waals surface area contributed by atoms with Crippen molar-refractivity contribution in [1.29, 1.82) is 5.26 Å². The average Bonchev–Trinajstić information content (AvgIpc) is 2.67. The highest BCUT2D eigenvalue weighted by molar-refractivity contribution is 14.0. The topological polar surface area (TPSA) is 69.4 Å². The van der Waals surface area contributed by atoms with E-state index in [9.17, 15) is 4.39 Å². The van der Waals surface area contributed by atoms with Crippen molar-refractivity contribution >= 4 is 29.9 Å². The number of hydrogen-bond acceptors (Lipinski definition) is 3. The number of aliphatic imine (C=N–C) groups is 1. The van der Waals surface area contributed by atoms with Gasteiger partial charge in [-0.3, -0.25) is 4.99 Å². The molecule has 0 saturated heterocycles. The van der Waals surface area contributed by atoms with Crippen LogP contribution in [0.1, 0.15) is 24.5 Å². The van der Waals surface area contributed by atoms with Crippen LogP contribution in [0.2, 0.25) is 0 Å². The zero-order valence-electron chi connectivity index (χ0n) is 15.4. The highest BCUT2D eigenvalue weighted by Crippen LogP contribution is 2.14. The lowest BCUT2D eigenvalue weighted by atomic mass is 10.1. The Labute approximate surface area is 176 Å². The minimum atomic E-state index is -0.315. The molecule has 144 valence electrons. The normalized spacial score (nSPS) is 11.7. The summed E-state index contributed by atoms with van der Waals surface area (Å²) in [7, 11) is 1.70. The lowest BCUT2D eigenvalue weighted by Crippen LogP contribution is -2.42. The molecule has 1 atom stereocenters. The summed E-state index contributed by atoms with van der Waals surface area (Å²) in [5, 5.41) is 15.3. The van der Waals surface area contributed by atoms with Gasteiger partial charge in [-0.1, -0.05) is 25.1 Å². The van der Waals surface area contributed by atoms with E-state index in [4.69, 9.17) is 10.00 Å². The zero-order valence-corrected chi connectivity index (χ0v) is 17.7. The van der Waals surface area contributed by atoms with E-state index in [-0.39, 0.29) is 35.9 Å². The van der Waals surface area contributed by atoms with Crippen LogP contribution in [-0.4, -0.2) is 25.7 Å². The summed E-state index contributed by atoms with van der Waals surface area (Å²) in [4.78, 5) is 4.19. The van der Waals surface area contributed by atoms with Crippen molar-refractivity contribution < 1.29 is 9.13 Å². The van der Waals surface area contributed by atoms with Crippen molar-refractivity contribution in [2.24, 2.45) is 4.99 Å². The van der Waals surface area contributed by atoms with Gasteiger partial charge in [-0.2, -0.15) is 5.26 Å². The van der Waals surface area contributed by atoms with Crippen molar-refractivity contribution in [3.63, 3.8) is 0 Å². The molecule has 0 saturated carbocycles. The van der Waals surface area contributed by atoms with Crippen LogP contribution in [0.25, 0.3) is 0 Å². The third-order valence-electron chi connectivity index (χ3n) is 3.82. The van der Waals surface area contributed by atoms with Gasteiger partial charge in [0.05, 0.1) is 18.2 Å². The first-order valence-corrected chi connectivity index (χ1v) is 8.50. The average molecular weight is 482 g/mol. The third kappa shape index (κ3) is 7.83. The predicted octanol–water partition coefficient (Wildman–Crippen LogP) is 3.84. The van der Waals surface area contributed by atoms with Gasteiger partial charge < -0.3 is 15.4 Å². The SMILES string of the molecule is CCC(CNC(=NC)NCc1ccc(C#N)cc1)Oc1cccc(F)c1.I. The van der Waals surface area contributed by atoms with Gasteiger partial charge in [0.15, 0.2) is 5.96 Å². The second kappa shape index (κ2) is 12.1. The molecule has 2 rings (SSSR count). The van der Waals surface area contributed by atoms with Crippen LogP contribution in [0.15, 0.2) is 53.5 Å². The number of guanidine groups is 1. The van der Waals surface area contributed by atoms with E-state index in [1.807, 2.05) is 19.1 Å². The van der Waals surface area contributed by atoms with Crippen molar-refractivity contribution in [2.45, 2.75) is 26.0 Å². The maximum absolute atomic E-state index is 13.3. The summed E-state index contributed by atoms with van der Waals surface area (Å²) in [5.41, 5.74) is 1.69. The molecule has 2 N–H and O–H groups in total. The van der Waals surface area contributed by atoms with E-state index in [0.29, 0.717) is 30.4 Å². The van der Waals surface area contributed by atoms with E-state index >= 15 is 0 Å². The molecule has 27 heavy (non-hydrogen) atoms. The highest BCUT2D eigenvalue weighted by Gasteiger charge is 2.10. The van der Waals surface area contributed by atoms with Gasteiger partial charge >= 0.3 is 0 Å². The van der Waals surface area contributed by atoms with Gasteiger partial charge in [-0.15, -0.1) is 24.0 Å². The van der Waals surface area contributed by atoms with Crippen LogP contribution in [0, 0.1) is 17.1 Å². The van der Waals surface area contributed by atoms with E-state index < -0.39 is 0 Å². The molecular weight excluding hydrogens is 458 g/mol. The minimum Gasteiger partial charge on any atom is -0.489 e. The molecule has 0 bridgehead atoms. The quantitative estimate of drug-likeness (QED) is 0.358. The molecule has 0 fully saturated rings. The van der Waals surface area contributed by atoms with Gasteiger partial charge in [0.1, 0.15) is 17.7 Å². The molecule has 0 radical (unpaired) electrons. The number of ether oxygens (including phenoxy) is 1. The van der Waals surface area contributed by atoms with Crippen LogP contribution in [0.3, 0.4) is 0 Å². The summed E-state index contributed by atoms with van der Waals surface area (Å²) in [6.45, 7) is 3.14. The number of nitrogens with one attached hydrogen (secondary N) is 2. The molecule has 7 heteroatoms. The summed E-state index contributed by atoms with van der Waals surface area (Å²) in [6, 6.07) is 15.6. The third-order valence-corrected chi connectivity index (χ3v) is 3.82. The maximum Gasteiger partial charge on any atom is 0.191 e. The molecular formula is C20H24FIN4O. The number of rotatable bonds is 7. The van der Waals surface area contributed by atoms with E-state index in [0.717, 1.165) is 12.0 Å². The molecule has 0 heterocycles. The van der Waals surface area contributed by atoms with E-state index in [1.165, 1.54) is 12.1 Å². The van der Waals surface area contributed by atoms with Gasteiger partial charge in [-0.05, 0) is 36.2 Å². The zero-order chi connectivity index (χ0) is 18.8. The number of hydrogen-bond donors (Lipinski definition) is 2. The first kappa shape index (κ1) is 22.7. The lowest BCUT2D eigenvalue weighted by molar-refractivity contribution is 0.199. The smallest absolute Gasteiger partial charge is 0.191 e. The number of nitrogens with zero attached hydrogens (tertiary/aromatic N) is 2. The fourth-order valence-electron chi connectivity index (χ4n) is 2.32. The number of halogens is 2. The molecule has 0 aromatic heterocycles. The Morgan fingerprint density at radius 3 is 2.56 bits per heavy atom. The van der Waals surface area contributed by atoms with E-state index in [2.05, 4.69) is 21.7 Å². The molecule has 1 unspecified atom stereocenters. The monoisotopic (exact) mass is 482 g/mol. The summed E-state index contributed by atoms with van der Waals surface area (Å²) < 4.78 is 19.1. The summed E-state index contributed by atoms with van der Waals surface area (Å²) in [6.07, 6.45) is 0.668. The van der Waals surface area contributed by atoms with Gasteiger partial charge in [0, 0.05) is 19.7 Å². The largest absolute Gasteiger partial charge is 0.489 e.